The molecule has 0 saturated carbocycles. The summed E-state index contributed by atoms with van der Waals surface area (Å²) in [5.41, 5.74) is 0.522. The largest absolute Gasteiger partial charge is 0.471 e. The van der Waals surface area contributed by atoms with Gasteiger partial charge in [-0.25, -0.2) is 0 Å². The van der Waals surface area contributed by atoms with Crippen LogP contribution in [0.2, 0.25) is 5.02 Å². The Morgan fingerprint density at radius 2 is 2.12 bits per heavy atom. The van der Waals surface area contributed by atoms with Crippen LogP contribution in [0.3, 0.4) is 0 Å². The molecule has 1 aliphatic rings. The third kappa shape index (κ3) is 3.59. The van der Waals surface area contributed by atoms with E-state index in [2.05, 4.69) is 9.97 Å². The maximum atomic E-state index is 12.6. The van der Waals surface area contributed by atoms with Crippen LogP contribution in [0.1, 0.15) is 16.8 Å². The van der Waals surface area contributed by atoms with Gasteiger partial charge in [0.1, 0.15) is 6.10 Å². The van der Waals surface area contributed by atoms with Crippen LogP contribution in [0.4, 0.5) is 5.82 Å². The van der Waals surface area contributed by atoms with E-state index in [1.54, 1.807) is 29.4 Å². The first-order valence-corrected chi connectivity index (χ1v) is 8.12. The summed E-state index contributed by atoms with van der Waals surface area (Å²) in [5.74, 6) is 1.13. The first kappa shape index (κ1) is 16.5. The van der Waals surface area contributed by atoms with Gasteiger partial charge in [-0.05, 0) is 12.1 Å². The normalized spacial score (nSPS) is 17.0. The minimum atomic E-state index is -0.0943. The number of amides is 1. The second-order valence-corrected chi connectivity index (χ2v) is 6.28. The van der Waals surface area contributed by atoms with Crippen LogP contribution < -0.4 is 9.64 Å². The van der Waals surface area contributed by atoms with E-state index in [0.717, 1.165) is 12.2 Å². The summed E-state index contributed by atoms with van der Waals surface area (Å²) >= 11 is 6.11. The number of benzene rings is 1. The van der Waals surface area contributed by atoms with Crippen molar-refractivity contribution in [1.82, 2.24) is 14.9 Å². The molecule has 1 aliphatic heterocycles. The molecule has 6 nitrogen and oxygen atoms in total. The predicted molar refractivity (Wildman–Crippen MR) is 92.7 cm³/mol. The fourth-order valence-electron chi connectivity index (χ4n) is 2.60. The van der Waals surface area contributed by atoms with E-state index in [9.17, 15) is 4.79 Å². The topological polar surface area (TPSA) is 58.6 Å². The van der Waals surface area contributed by atoms with E-state index >= 15 is 0 Å². The van der Waals surface area contributed by atoms with Crippen LogP contribution >= 0.6 is 11.6 Å². The number of nitrogens with zero attached hydrogens (tertiary/aromatic N) is 4. The van der Waals surface area contributed by atoms with E-state index in [0.29, 0.717) is 29.6 Å². The molecule has 0 N–H and O–H groups in total. The van der Waals surface area contributed by atoms with Crippen molar-refractivity contribution in [3.05, 3.63) is 47.2 Å². The molecule has 24 heavy (non-hydrogen) atoms. The smallest absolute Gasteiger partial charge is 0.255 e. The lowest BCUT2D eigenvalue weighted by atomic mass is 10.2. The van der Waals surface area contributed by atoms with Crippen molar-refractivity contribution in [1.29, 1.82) is 0 Å². The summed E-state index contributed by atoms with van der Waals surface area (Å²) in [6.07, 6.45) is 3.92. The maximum absolute atomic E-state index is 12.6. The summed E-state index contributed by atoms with van der Waals surface area (Å²) in [6, 6.07) is 7.09. The second kappa shape index (κ2) is 7.05. The molecule has 7 heteroatoms. The predicted octanol–water partition coefficient (Wildman–Crippen LogP) is 2.49. The Labute approximate surface area is 146 Å². The number of hydrogen-bond donors (Lipinski definition) is 0. The van der Waals surface area contributed by atoms with E-state index in [-0.39, 0.29) is 12.0 Å². The van der Waals surface area contributed by atoms with E-state index in [1.165, 1.54) is 0 Å². The van der Waals surface area contributed by atoms with Crippen LogP contribution in [0.25, 0.3) is 0 Å². The summed E-state index contributed by atoms with van der Waals surface area (Å²) in [5, 5.41) is 0.469. The first-order chi connectivity index (χ1) is 11.5. The highest BCUT2D eigenvalue weighted by Crippen LogP contribution is 2.22. The highest BCUT2D eigenvalue weighted by atomic mass is 35.5. The number of halogens is 1. The average molecular weight is 347 g/mol. The molecule has 0 spiro atoms. The van der Waals surface area contributed by atoms with Gasteiger partial charge in [0.15, 0.2) is 5.82 Å². The monoisotopic (exact) mass is 346 g/mol. The molecule has 1 fully saturated rings. The van der Waals surface area contributed by atoms with Gasteiger partial charge in [-0.3, -0.25) is 9.78 Å². The average Bonchev–Trinajstić information content (AvgIpc) is 3.03. The molecule has 1 atom stereocenters. The number of anilines is 1. The maximum Gasteiger partial charge on any atom is 0.255 e. The molecule has 0 radical (unpaired) electrons. The molecule has 0 bridgehead atoms. The number of ether oxygens (including phenoxy) is 1. The Morgan fingerprint density at radius 3 is 2.88 bits per heavy atom. The molecule has 1 saturated heterocycles. The van der Waals surface area contributed by atoms with Gasteiger partial charge in [-0.2, -0.15) is 4.98 Å². The van der Waals surface area contributed by atoms with Crippen LogP contribution in [0.15, 0.2) is 36.7 Å². The Morgan fingerprint density at radius 1 is 1.33 bits per heavy atom. The zero-order chi connectivity index (χ0) is 17.1. The molecule has 2 heterocycles. The lowest BCUT2D eigenvalue weighted by Crippen LogP contribution is -2.31. The molecule has 1 amide bonds. The number of hydrogen-bond acceptors (Lipinski definition) is 5. The summed E-state index contributed by atoms with van der Waals surface area (Å²) in [6.45, 7) is 1.15. The van der Waals surface area contributed by atoms with Gasteiger partial charge in [0.2, 0.25) is 5.88 Å². The van der Waals surface area contributed by atoms with Crippen molar-refractivity contribution in [3.8, 4) is 5.88 Å². The Bertz CT molecular complexity index is 738. The lowest BCUT2D eigenvalue weighted by molar-refractivity contribution is 0.0771. The van der Waals surface area contributed by atoms with Crippen LogP contribution in [-0.2, 0) is 0 Å². The van der Waals surface area contributed by atoms with Gasteiger partial charge in [0, 0.05) is 27.1 Å². The molecule has 1 unspecified atom stereocenters. The number of likely N-dealkylation sites (tertiary alicyclic amines) is 1. The van der Waals surface area contributed by atoms with Crippen molar-refractivity contribution >= 4 is 23.3 Å². The Hall–Kier alpha value is -2.34. The van der Waals surface area contributed by atoms with E-state index in [1.807, 2.05) is 31.1 Å². The van der Waals surface area contributed by atoms with Crippen LogP contribution in [0, 0.1) is 0 Å². The van der Waals surface area contributed by atoms with Gasteiger partial charge in [-0.15, -0.1) is 0 Å². The molecule has 1 aromatic carbocycles. The Balaban J connectivity index is 1.64. The van der Waals surface area contributed by atoms with Gasteiger partial charge in [0.25, 0.3) is 5.91 Å². The van der Waals surface area contributed by atoms with E-state index < -0.39 is 0 Å². The van der Waals surface area contributed by atoms with Crippen molar-refractivity contribution < 1.29 is 9.53 Å². The first-order valence-electron chi connectivity index (χ1n) is 7.74. The molecule has 0 aliphatic carbocycles. The zero-order valence-electron chi connectivity index (χ0n) is 13.6. The number of rotatable bonds is 4. The van der Waals surface area contributed by atoms with E-state index in [4.69, 9.17) is 16.3 Å². The Kier molecular flexibility index (Phi) is 4.85. The summed E-state index contributed by atoms with van der Waals surface area (Å²) < 4.78 is 5.89. The number of aromatic nitrogens is 2. The van der Waals surface area contributed by atoms with Crippen LogP contribution in [-0.4, -0.2) is 54.1 Å². The highest BCUT2D eigenvalue weighted by Gasteiger charge is 2.29. The van der Waals surface area contributed by atoms with Crippen LogP contribution in [0.5, 0.6) is 5.88 Å². The van der Waals surface area contributed by atoms with Crippen molar-refractivity contribution in [2.45, 2.75) is 12.5 Å². The third-order valence-corrected chi connectivity index (χ3v) is 4.21. The second-order valence-electron chi connectivity index (χ2n) is 5.87. The highest BCUT2D eigenvalue weighted by molar-refractivity contribution is 6.33. The summed E-state index contributed by atoms with van der Waals surface area (Å²) in [7, 11) is 3.79. The summed E-state index contributed by atoms with van der Waals surface area (Å²) in [4.78, 5) is 24.7. The fraction of sp³-hybridized carbons (Fsp3) is 0.353. The van der Waals surface area contributed by atoms with Gasteiger partial charge >= 0.3 is 0 Å². The number of carbonyl (C=O) groups is 1. The molecular formula is C17H19ClN4O2. The molecule has 2 aromatic rings. The van der Waals surface area contributed by atoms with Crippen molar-refractivity contribution in [3.63, 3.8) is 0 Å². The third-order valence-electron chi connectivity index (χ3n) is 3.88. The minimum absolute atomic E-state index is 0.0696. The molecule has 1 aromatic heterocycles. The van der Waals surface area contributed by atoms with Gasteiger partial charge < -0.3 is 14.5 Å². The molecule has 3 rings (SSSR count). The standard InChI is InChI=1S/C17H19ClN4O2/c1-21(2)15-9-19-10-16(20-15)24-12-7-8-22(11-12)17(23)13-5-3-4-6-14(13)18/h3-6,9-10,12H,7-8,11H2,1-2H3. The quantitative estimate of drug-likeness (QED) is 0.851. The minimum Gasteiger partial charge on any atom is -0.471 e. The lowest BCUT2D eigenvalue weighted by Gasteiger charge is -2.18. The van der Waals surface area contributed by atoms with Gasteiger partial charge in [-0.1, -0.05) is 23.7 Å². The van der Waals surface area contributed by atoms with Gasteiger partial charge in [0.05, 0.1) is 29.5 Å². The van der Waals surface area contributed by atoms with Crippen molar-refractivity contribution in [2.75, 3.05) is 32.1 Å². The van der Waals surface area contributed by atoms with Crippen molar-refractivity contribution in [2.24, 2.45) is 0 Å². The molecular weight excluding hydrogens is 328 g/mol. The molecule has 126 valence electrons. The SMILES string of the molecule is CN(C)c1cncc(OC2CCN(C(=O)c3ccccc3Cl)C2)n1. The fourth-order valence-corrected chi connectivity index (χ4v) is 2.81. The zero-order valence-corrected chi connectivity index (χ0v) is 14.4. The number of carbonyl (C=O) groups excluding carboxylic acids is 1.